The number of nitrogens with zero attached hydrogens (tertiary/aromatic N) is 3. The number of carbonyl (C=O) groups excluding carboxylic acids is 3. The molecule has 1 saturated carbocycles. The molecule has 0 spiro atoms. The van der Waals surface area contributed by atoms with Crippen LogP contribution in [0.1, 0.15) is 39.1 Å². The molecule has 160 valence electrons. The van der Waals surface area contributed by atoms with Gasteiger partial charge in [-0.15, -0.1) is 0 Å². The lowest BCUT2D eigenvalue weighted by Crippen LogP contribution is -2.42. The number of benzene rings is 2. The average Bonchev–Trinajstić information content (AvgIpc) is 3.57. The minimum absolute atomic E-state index is 0.127. The van der Waals surface area contributed by atoms with Gasteiger partial charge >= 0.3 is 6.03 Å². The Bertz CT molecular complexity index is 1320. The van der Waals surface area contributed by atoms with E-state index in [4.69, 9.17) is 9.72 Å². The summed E-state index contributed by atoms with van der Waals surface area (Å²) in [4.78, 5) is 46.6. The predicted octanol–water partition coefficient (Wildman–Crippen LogP) is 2.96. The summed E-state index contributed by atoms with van der Waals surface area (Å²) in [7, 11) is 0. The van der Waals surface area contributed by atoms with E-state index in [1.807, 2.05) is 12.1 Å². The molecule has 2 fully saturated rings. The number of thiazole rings is 1. The maximum atomic E-state index is 12.9. The third-order valence-electron chi connectivity index (χ3n) is 6.98. The number of rotatable bonds is 2. The van der Waals surface area contributed by atoms with Crippen LogP contribution in [0.25, 0.3) is 10.2 Å². The number of urea groups is 1. The minimum atomic E-state index is -0.257. The van der Waals surface area contributed by atoms with Crippen molar-refractivity contribution >= 4 is 44.5 Å². The fraction of sp³-hybridized carbons (Fsp3) is 0.304. The standard InChI is InChI=1S/C23H18N4O4S/c28-20-12-3-1-2-4-13(12)21(29)26(20)11-9-15-16(10-11)27(22(30)24-15)23-25-19-14-7-8-31-17(14)5-6-18(19)32-23/h1-6,11,15-16H,7-10H2,(H,24,30)/t11-,15-,16+/m1/s1. The van der Waals surface area contributed by atoms with Crippen LogP contribution in [0.4, 0.5) is 9.93 Å². The van der Waals surface area contributed by atoms with Crippen LogP contribution in [0.5, 0.6) is 5.75 Å². The molecule has 8 nitrogen and oxygen atoms in total. The van der Waals surface area contributed by atoms with Gasteiger partial charge in [-0.25, -0.2) is 9.78 Å². The second kappa shape index (κ2) is 6.29. The van der Waals surface area contributed by atoms with E-state index in [0.717, 1.165) is 28.0 Å². The molecule has 4 heterocycles. The van der Waals surface area contributed by atoms with Crippen LogP contribution in [-0.2, 0) is 6.42 Å². The second-order valence-electron chi connectivity index (χ2n) is 8.63. The number of ether oxygens (including phenoxy) is 1. The number of imide groups is 1. The minimum Gasteiger partial charge on any atom is -0.493 e. The fourth-order valence-electron chi connectivity index (χ4n) is 5.55. The van der Waals surface area contributed by atoms with Crippen molar-refractivity contribution in [3.8, 4) is 5.75 Å². The Hall–Kier alpha value is -3.46. The molecule has 1 aromatic heterocycles. The first-order valence-corrected chi connectivity index (χ1v) is 11.5. The Morgan fingerprint density at radius 1 is 1.00 bits per heavy atom. The molecule has 9 heteroatoms. The zero-order valence-corrected chi connectivity index (χ0v) is 17.7. The summed E-state index contributed by atoms with van der Waals surface area (Å²) in [5.41, 5.74) is 2.90. The number of carbonyl (C=O) groups is 3. The van der Waals surface area contributed by atoms with Crippen LogP contribution in [-0.4, -0.2) is 52.5 Å². The molecule has 3 aliphatic heterocycles. The highest BCUT2D eigenvalue weighted by Crippen LogP contribution is 2.42. The lowest BCUT2D eigenvalue weighted by molar-refractivity contribution is 0.0585. The number of hydrogen-bond donors (Lipinski definition) is 1. The molecule has 4 amide bonds. The van der Waals surface area contributed by atoms with Gasteiger partial charge in [-0.1, -0.05) is 23.5 Å². The first kappa shape index (κ1) is 18.1. The smallest absolute Gasteiger partial charge is 0.324 e. The van der Waals surface area contributed by atoms with E-state index in [1.165, 1.54) is 16.2 Å². The van der Waals surface area contributed by atoms with E-state index in [2.05, 4.69) is 5.32 Å². The zero-order chi connectivity index (χ0) is 21.6. The van der Waals surface area contributed by atoms with Gasteiger partial charge in [-0.05, 0) is 37.1 Å². The highest BCUT2D eigenvalue weighted by molar-refractivity contribution is 7.22. The Kier molecular flexibility index (Phi) is 3.57. The molecule has 1 saturated heterocycles. The highest BCUT2D eigenvalue weighted by Gasteiger charge is 2.52. The van der Waals surface area contributed by atoms with Crippen LogP contribution in [0, 0.1) is 0 Å². The Morgan fingerprint density at radius 2 is 1.78 bits per heavy atom. The second-order valence-corrected chi connectivity index (χ2v) is 9.64. The van der Waals surface area contributed by atoms with E-state index in [1.54, 1.807) is 29.2 Å². The van der Waals surface area contributed by atoms with Crippen molar-refractivity contribution in [2.24, 2.45) is 0 Å². The van der Waals surface area contributed by atoms with Gasteiger partial charge in [0.15, 0.2) is 5.13 Å². The van der Waals surface area contributed by atoms with Gasteiger partial charge in [0.05, 0.1) is 40.0 Å². The molecule has 3 atom stereocenters. The summed E-state index contributed by atoms with van der Waals surface area (Å²) < 4.78 is 6.68. The number of anilines is 1. The van der Waals surface area contributed by atoms with Crippen molar-refractivity contribution in [1.29, 1.82) is 0 Å². The normalized spacial score (nSPS) is 25.9. The Balaban J connectivity index is 1.21. The highest BCUT2D eigenvalue weighted by atomic mass is 32.1. The zero-order valence-electron chi connectivity index (χ0n) is 16.9. The lowest BCUT2D eigenvalue weighted by Gasteiger charge is -2.24. The number of hydrogen-bond acceptors (Lipinski definition) is 6. The molecule has 7 rings (SSSR count). The molecule has 4 aliphatic rings. The average molecular weight is 446 g/mol. The van der Waals surface area contributed by atoms with Crippen LogP contribution in [0.3, 0.4) is 0 Å². The van der Waals surface area contributed by atoms with E-state index >= 15 is 0 Å². The van der Waals surface area contributed by atoms with Gasteiger partial charge in [-0.2, -0.15) is 0 Å². The molecule has 1 aliphatic carbocycles. The van der Waals surface area contributed by atoms with Crippen molar-refractivity contribution < 1.29 is 19.1 Å². The topological polar surface area (TPSA) is 91.8 Å². The molecular weight excluding hydrogens is 428 g/mol. The molecular formula is C23H18N4O4S. The first-order chi connectivity index (χ1) is 15.6. The molecule has 0 unspecified atom stereocenters. The number of fused-ring (bicyclic) bond motifs is 5. The quantitative estimate of drug-likeness (QED) is 0.611. The number of nitrogens with one attached hydrogen (secondary N) is 1. The summed E-state index contributed by atoms with van der Waals surface area (Å²) >= 11 is 1.49. The summed E-state index contributed by atoms with van der Waals surface area (Å²) in [6, 6.07) is 10.2. The molecule has 32 heavy (non-hydrogen) atoms. The van der Waals surface area contributed by atoms with E-state index in [-0.39, 0.29) is 36.0 Å². The van der Waals surface area contributed by atoms with E-state index < -0.39 is 0 Å². The molecule has 2 aromatic carbocycles. The maximum Gasteiger partial charge on any atom is 0.324 e. The third-order valence-corrected chi connectivity index (χ3v) is 8.00. The molecule has 0 radical (unpaired) electrons. The van der Waals surface area contributed by atoms with Gasteiger partial charge in [0, 0.05) is 18.0 Å². The molecule has 1 N–H and O–H groups in total. The van der Waals surface area contributed by atoms with Gasteiger partial charge in [-0.3, -0.25) is 19.4 Å². The summed E-state index contributed by atoms with van der Waals surface area (Å²) in [6.07, 6.45) is 1.90. The van der Waals surface area contributed by atoms with Gasteiger partial charge in [0.25, 0.3) is 11.8 Å². The third kappa shape index (κ3) is 2.31. The summed E-state index contributed by atoms with van der Waals surface area (Å²) in [5.74, 6) is 0.373. The number of aromatic nitrogens is 1. The molecule has 0 bridgehead atoms. The van der Waals surface area contributed by atoms with Crippen LogP contribution < -0.4 is 15.0 Å². The summed E-state index contributed by atoms with van der Waals surface area (Å²) in [6.45, 7) is 0.651. The Morgan fingerprint density at radius 3 is 2.56 bits per heavy atom. The van der Waals surface area contributed by atoms with Crippen molar-refractivity contribution in [1.82, 2.24) is 15.2 Å². The van der Waals surface area contributed by atoms with Crippen molar-refractivity contribution in [2.45, 2.75) is 37.4 Å². The van der Waals surface area contributed by atoms with Gasteiger partial charge in [0.2, 0.25) is 0 Å². The first-order valence-electron chi connectivity index (χ1n) is 10.7. The van der Waals surface area contributed by atoms with Crippen LogP contribution in [0.2, 0.25) is 0 Å². The monoisotopic (exact) mass is 446 g/mol. The fourth-order valence-corrected chi connectivity index (χ4v) is 6.60. The van der Waals surface area contributed by atoms with Crippen LogP contribution in [0.15, 0.2) is 36.4 Å². The predicted molar refractivity (Wildman–Crippen MR) is 117 cm³/mol. The van der Waals surface area contributed by atoms with Crippen molar-refractivity contribution in [2.75, 3.05) is 11.5 Å². The van der Waals surface area contributed by atoms with Crippen molar-refractivity contribution in [3.63, 3.8) is 0 Å². The summed E-state index contributed by atoms with van der Waals surface area (Å²) in [5, 5.41) is 3.69. The van der Waals surface area contributed by atoms with E-state index in [9.17, 15) is 14.4 Å². The largest absolute Gasteiger partial charge is 0.493 e. The van der Waals surface area contributed by atoms with Gasteiger partial charge < -0.3 is 10.1 Å². The Labute approximate surface area is 186 Å². The van der Waals surface area contributed by atoms with E-state index in [0.29, 0.717) is 35.7 Å². The lowest BCUT2D eigenvalue weighted by atomic mass is 10.1. The van der Waals surface area contributed by atoms with Crippen LogP contribution >= 0.6 is 11.3 Å². The van der Waals surface area contributed by atoms with Gasteiger partial charge in [0.1, 0.15) is 5.75 Å². The van der Waals surface area contributed by atoms with Crippen molar-refractivity contribution in [3.05, 3.63) is 53.1 Å². The SMILES string of the molecule is O=C1c2ccccc2C(=O)N1[C@@H]1C[C@H]2NC(=O)N(c3nc4c5c(ccc4s3)OCC5)[C@H]2C1. The molecule has 3 aromatic rings. The maximum absolute atomic E-state index is 12.9. The number of amides is 4.